The summed E-state index contributed by atoms with van der Waals surface area (Å²) in [4.78, 5) is 0. The van der Waals surface area contributed by atoms with Gasteiger partial charge >= 0.3 is 0 Å². The van der Waals surface area contributed by atoms with Crippen molar-refractivity contribution in [1.82, 2.24) is 0 Å². The highest BCUT2D eigenvalue weighted by Crippen LogP contribution is 2.24. The second-order valence-electron chi connectivity index (χ2n) is 4.04. The van der Waals surface area contributed by atoms with Gasteiger partial charge in [-0.1, -0.05) is 39.7 Å². The first-order valence-electron chi connectivity index (χ1n) is 5.32. The Balaban J connectivity index is 2.05. The van der Waals surface area contributed by atoms with E-state index in [2.05, 4.69) is 46.3 Å². The first kappa shape index (κ1) is 11.2. The molecule has 2 rings (SSSR count). The number of hydrogen-bond donors (Lipinski definition) is 0. The molecule has 0 radical (unpaired) electrons. The Hall–Kier alpha value is -0.270. The van der Waals surface area contributed by atoms with Crippen molar-refractivity contribution in [1.29, 1.82) is 0 Å². The lowest BCUT2D eigenvalue weighted by Crippen LogP contribution is -2.05. The van der Waals surface area contributed by atoms with E-state index in [0.717, 1.165) is 17.3 Å². The lowest BCUT2D eigenvalue weighted by molar-refractivity contribution is 0.693. The van der Waals surface area contributed by atoms with Crippen LogP contribution < -0.4 is 0 Å². The molecule has 0 bridgehead atoms. The van der Waals surface area contributed by atoms with Crippen LogP contribution in [0.1, 0.15) is 24.8 Å². The van der Waals surface area contributed by atoms with Gasteiger partial charge < -0.3 is 0 Å². The van der Waals surface area contributed by atoms with E-state index in [0.29, 0.717) is 0 Å². The van der Waals surface area contributed by atoms with E-state index >= 15 is 0 Å². The first-order chi connectivity index (χ1) is 7.24. The van der Waals surface area contributed by atoms with Gasteiger partial charge in [0, 0.05) is 4.47 Å². The predicted octanol–water partition coefficient (Wildman–Crippen LogP) is 4.71. The highest BCUT2D eigenvalue weighted by Gasteiger charge is 2.10. The van der Waals surface area contributed by atoms with Gasteiger partial charge in [-0.15, -0.1) is 11.6 Å². The Morgan fingerprint density at radius 1 is 1.27 bits per heavy atom. The average molecular weight is 286 g/mol. The molecule has 1 aromatic carbocycles. The Morgan fingerprint density at radius 3 is 2.67 bits per heavy atom. The number of rotatable bonds is 2. The molecular formula is C13H14BrCl. The van der Waals surface area contributed by atoms with Gasteiger partial charge in [0.25, 0.3) is 0 Å². The van der Waals surface area contributed by atoms with E-state index in [-0.39, 0.29) is 5.38 Å². The molecule has 1 atom stereocenters. The number of halogens is 2. The van der Waals surface area contributed by atoms with Crippen molar-refractivity contribution < 1.29 is 0 Å². The topological polar surface area (TPSA) is 0 Å². The molecule has 2 heteroatoms. The lowest BCUT2D eigenvalue weighted by Gasteiger charge is -2.16. The molecular weight excluding hydrogens is 272 g/mol. The van der Waals surface area contributed by atoms with Gasteiger partial charge in [-0.25, -0.2) is 0 Å². The quantitative estimate of drug-likeness (QED) is 0.545. The smallest absolute Gasteiger partial charge is 0.0518 e. The summed E-state index contributed by atoms with van der Waals surface area (Å²) in [5, 5.41) is 0.254. The van der Waals surface area contributed by atoms with Gasteiger partial charge in [0.1, 0.15) is 0 Å². The van der Waals surface area contributed by atoms with Crippen LogP contribution in [0.4, 0.5) is 0 Å². The Labute approximate surface area is 104 Å². The highest BCUT2D eigenvalue weighted by atomic mass is 79.9. The molecule has 0 aliphatic heterocycles. The number of allylic oxidation sites excluding steroid dienone is 2. The third-order valence-corrected chi connectivity index (χ3v) is 3.61. The number of alkyl halides is 1. The van der Waals surface area contributed by atoms with Crippen LogP contribution in [-0.2, 0) is 6.42 Å². The second kappa shape index (κ2) is 5.18. The maximum absolute atomic E-state index is 6.12. The molecule has 0 saturated carbocycles. The summed E-state index contributed by atoms with van der Waals surface area (Å²) >= 11 is 9.56. The molecule has 0 amide bonds. The summed E-state index contributed by atoms with van der Waals surface area (Å²) < 4.78 is 1.14. The van der Waals surface area contributed by atoms with Crippen molar-refractivity contribution >= 4 is 27.5 Å². The van der Waals surface area contributed by atoms with Crippen molar-refractivity contribution in [2.75, 3.05) is 0 Å². The molecule has 0 saturated heterocycles. The maximum atomic E-state index is 6.12. The van der Waals surface area contributed by atoms with E-state index in [1.54, 1.807) is 0 Å². The number of benzene rings is 1. The molecule has 80 valence electrons. The minimum atomic E-state index is 0.254. The van der Waals surface area contributed by atoms with Crippen LogP contribution in [0.3, 0.4) is 0 Å². The van der Waals surface area contributed by atoms with Crippen LogP contribution in [-0.4, -0.2) is 5.38 Å². The number of hydrogen-bond acceptors (Lipinski definition) is 0. The molecule has 0 nitrogen and oxygen atoms in total. The van der Waals surface area contributed by atoms with Crippen LogP contribution >= 0.6 is 27.5 Å². The van der Waals surface area contributed by atoms with E-state index in [1.165, 1.54) is 24.0 Å². The zero-order valence-corrected chi connectivity index (χ0v) is 10.9. The maximum Gasteiger partial charge on any atom is 0.0518 e. The molecule has 1 aromatic rings. The predicted molar refractivity (Wildman–Crippen MR) is 69.4 cm³/mol. The van der Waals surface area contributed by atoms with Crippen molar-refractivity contribution in [3.63, 3.8) is 0 Å². The lowest BCUT2D eigenvalue weighted by atomic mass is 9.94. The minimum Gasteiger partial charge on any atom is -0.118 e. The van der Waals surface area contributed by atoms with Crippen molar-refractivity contribution in [2.24, 2.45) is 0 Å². The monoisotopic (exact) mass is 284 g/mol. The van der Waals surface area contributed by atoms with Crippen LogP contribution in [0.5, 0.6) is 0 Å². The van der Waals surface area contributed by atoms with Crippen molar-refractivity contribution in [3.05, 3.63) is 46.0 Å². The summed E-state index contributed by atoms with van der Waals surface area (Å²) in [5.74, 6) is 0. The standard InChI is InChI=1S/C13H14BrCl/c14-12-6-4-10(5-7-12)8-11-2-1-3-13(15)9-11/h4-7,9,13H,1-3,8H2. The zero-order chi connectivity index (χ0) is 10.7. The van der Waals surface area contributed by atoms with Crippen LogP contribution in [0.25, 0.3) is 0 Å². The molecule has 0 aromatic heterocycles. The fourth-order valence-electron chi connectivity index (χ4n) is 1.96. The van der Waals surface area contributed by atoms with Crippen molar-refractivity contribution in [3.8, 4) is 0 Å². The largest absolute Gasteiger partial charge is 0.118 e. The van der Waals surface area contributed by atoms with Crippen LogP contribution in [0.15, 0.2) is 40.4 Å². The molecule has 0 spiro atoms. The van der Waals surface area contributed by atoms with Gasteiger partial charge in [0.15, 0.2) is 0 Å². The molecule has 1 aliphatic carbocycles. The third kappa shape index (κ3) is 3.35. The normalized spacial score (nSPS) is 21.2. The van der Waals surface area contributed by atoms with Gasteiger partial charge in [0.05, 0.1) is 5.38 Å². The van der Waals surface area contributed by atoms with E-state index in [4.69, 9.17) is 11.6 Å². The van der Waals surface area contributed by atoms with Gasteiger partial charge in [-0.05, 0) is 43.4 Å². The van der Waals surface area contributed by atoms with E-state index in [9.17, 15) is 0 Å². The SMILES string of the molecule is ClC1C=C(Cc2ccc(Br)cc2)CCC1. The molecule has 1 aliphatic rings. The zero-order valence-electron chi connectivity index (χ0n) is 8.55. The Kier molecular flexibility index (Phi) is 3.87. The van der Waals surface area contributed by atoms with Gasteiger partial charge in [0.2, 0.25) is 0 Å². The molecule has 0 heterocycles. The minimum absolute atomic E-state index is 0.254. The Bertz CT molecular complexity index is 353. The van der Waals surface area contributed by atoms with Gasteiger partial charge in [-0.2, -0.15) is 0 Å². The van der Waals surface area contributed by atoms with E-state index < -0.39 is 0 Å². The molecule has 0 fully saturated rings. The average Bonchev–Trinajstić information content (AvgIpc) is 2.22. The molecule has 1 unspecified atom stereocenters. The molecule has 0 N–H and O–H groups in total. The van der Waals surface area contributed by atoms with Crippen LogP contribution in [0.2, 0.25) is 0 Å². The summed E-state index contributed by atoms with van der Waals surface area (Å²) in [6, 6.07) is 8.53. The molecule has 15 heavy (non-hydrogen) atoms. The fourth-order valence-corrected chi connectivity index (χ4v) is 2.56. The summed E-state index contributed by atoms with van der Waals surface area (Å²) in [7, 11) is 0. The van der Waals surface area contributed by atoms with Crippen LogP contribution in [0, 0.1) is 0 Å². The summed E-state index contributed by atoms with van der Waals surface area (Å²) in [6.45, 7) is 0. The fraction of sp³-hybridized carbons (Fsp3) is 0.385. The Morgan fingerprint density at radius 2 is 2.00 bits per heavy atom. The second-order valence-corrected chi connectivity index (χ2v) is 5.51. The third-order valence-electron chi connectivity index (χ3n) is 2.74. The summed E-state index contributed by atoms with van der Waals surface area (Å²) in [5.41, 5.74) is 2.86. The van der Waals surface area contributed by atoms with Crippen molar-refractivity contribution in [2.45, 2.75) is 31.1 Å². The van der Waals surface area contributed by atoms with E-state index in [1.807, 2.05) is 0 Å². The highest BCUT2D eigenvalue weighted by molar-refractivity contribution is 9.10. The first-order valence-corrected chi connectivity index (χ1v) is 6.55. The summed E-state index contributed by atoms with van der Waals surface area (Å²) in [6.07, 6.45) is 6.85. The van der Waals surface area contributed by atoms with Gasteiger partial charge in [-0.3, -0.25) is 0 Å².